The minimum atomic E-state index is 0.117. The fourth-order valence-corrected chi connectivity index (χ4v) is 2.77. The van der Waals surface area contributed by atoms with E-state index >= 15 is 0 Å². The van der Waals surface area contributed by atoms with Gasteiger partial charge in [0.25, 0.3) is 0 Å². The van der Waals surface area contributed by atoms with E-state index in [1.54, 1.807) is 0 Å². The average Bonchev–Trinajstić information content (AvgIpc) is 3.00. The van der Waals surface area contributed by atoms with Gasteiger partial charge >= 0.3 is 0 Å². The molecule has 2 heterocycles. The zero-order chi connectivity index (χ0) is 16.1. The predicted octanol–water partition coefficient (Wildman–Crippen LogP) is 1.80. The van der Waals surface area contributed by atoms with Gasteiger partial charge in [0, 0.05) is 30.0 Å². The first-order chi connectivity index (χ1) is 10.5. The van der Waals surface area contributed by atoms with E-state index in [4.69, 9.17) is 5.11 Å². The van der Waals surface area contributed by atoms with E-state index in [2.05, 4.69) is 47.2 Å². The first kappa shape index (κ1) is 16.7. The van der Waals surface area contributed by atoms with Gasteiger partial charge in [-0.05, 0) is 33.4 Å². The first-order valence-electron chi connectivity index (χ1n) is 7.90. The van der Waals surface area contributed by atoms with Crippen molar-refractivity contribution in [3.05, 3.63) is 34.4 Å². The number of aromatic nitrogens is 4. The number of aromatic amines is 1. The molecule has 0 aliphatic carbocycles. The van der Waals surface area contributed by atoms with Crippen LogP contribution >= 0.6 is 0 Å². The normalized spacial score (nSPS) is 11.5. The summed E-state index contributed by atoms with van der Waals surface area (Å²) in [5.74, 6) is 0. The Morgan fingerprint density at radius 1 is 1.32 bits per heavy atom. The highest BCUT2D eigenvalue weighted by atomic mass is 16.3. The molecular formula is C16H27N5O. The Morgan fingerprint density at radius 2 is 2.09 bits per heavy atom. The van der Waals surface area contributed by atoms with Crippen LogP contribution in [0.2, 0.25) is 0 Å². The number of aryl methyl sites for hydroxylation is 2. The Hall–Kier alpha value is -1.66. The number of nitrogens with one attached hydrogen (secondary N) is 1. The van der Waals surface area contributed by atoms with Gasteiger partial charge in [0.2, 0.25) is 0 Å². The molecule has 6 nitrogen and oxygen atoms in total. The summed E-state index contributed by atoms with van der Waals surface area (Å²) in [4.78, 5) is 2.25. The summed E-state index contributed by atoms with van der Waals surface area (Å²) in [6, 6.07) is 2.15. The summed E-state index contributed by atoms with van der Waals surface area (Å²) in [6.45, 7) is 8.60. The van der Waals surface area contributed by atoms with Gasteiger partial charge in [-0.1, -0.05) is 13.3 Å². The van der Waals surface area contributed by atoms with Crippen molar-refractivity contribution in [1.29, 1.82) is 0 Å². The van der Waals surface area contributed by atoms with Crippen LogP contribution < -0.4 is 0 Å². The number of hydrogen-bond acceptors (Lipinski definition) is 4. The monoisotopic (exact) mass is 305 g/mol. The second kappa shape index (κ2) is 7.56. The smallest absolute Gasteiger partial charge is 0.0644 e. The third-order valence-corrected chi connectivity index (χ3v) is 3.90. The van der Waals surface area contributed by atoms with Gasteiger partial charge in [0.15, 0.2) is 0 Å². The molecule has 2 rings (SSSR count). The van der Waals surface area contributed by atoms with Crippen molar-refractivity contribution in [1.82, 2.24) is 24.9 Å². The lowest BCUT2D eigenvalue weighted by Gasteiger charge is -2.16. The molecule has 0 radical (unpaired) electrons. The third kappa shape index (κ3) is 3.96. The molecule has 2 N–H and O–H groups in total. The van der Waals surface area contributed by atoms with Crippen LogP contribution in [0.4, 0.5) is 0 Å². The molecule has 2 aromatic heterocycles. The highest BCUT2D eigenvalue weighted by Gasteiger charge is 2.14. The molecule has 22 heavy (non-hydrogen) atoms. The summed E-state index contributed by atoms with van der Waals surface area (Å²) in [5.41, 5.74) is 5.69. The topological polar surface area (TPSA) is 70.0 Å². The van der Waals surface area contributed by atoms with Crippen molar-refractivity contribution in [2.75, 3.05) is 13.7 Å². The van der Waals surface area contributed by atoms with Crippen LogP contribution in [0.5, 0.6) is 0 Å². The largest absolute Gasteiger partial charge is 0.394 e. The number of aliphatic hydroxyl groups excluding tert-OH is 1. The van der Waals surface area contributed by atoms with Gasteiger partial charge in [-0.15, -0.1) is 0 Å². The number of rotatable bonds is 8. The SMILES string of the molecule is CCCc1cc(CN(C)Cc2c(C)nn(CCO)c2C)[nH]n1. The van der Waals surface area contributed by atoms with Gasteiger partial charge in [0.1, 0.15) is 0 Å². The summed E-state index contributed by atoms with van der Waals surface area (Å²) in [7, 11) is 2.10. The molecule has 0 saturated heterocycles. The summed E-state index contributed by atoms with van der Waals surface area (Å²) in [6.07, 6.45) is 2.13. The number of nitrogens with zero attached hydrogens (tertiary/aromatic N) is 4. The van der Waals surface area contributed by atoms with Crippen LogP contribution in [-0.4, -0.2) is 43.6 Å². The van der Waals surface area contributed by atoms with Crippen LogP contribution in [0, 0.1) is 13.8 Å². The molecule has 0 aromatic carbocycles. The quantitative estimate of drug-likeness (QED) is 0.780. The van der Waals surface area contributed by atoms with Crippen LogP contribution in [0.1, 0.15) is 41.7 Å². The van der Waals surface area contributed by atoms with Gasteiger partial charge < -0.3 is 5.11 Å². The molecule has 0 spiro atoms. The molecule has 6 heteroatoms. The molecule has 2 aromatic rings. The van der Waals surface area contributed by atoms with Crippen molar-refractivity contribution in [3.8, 4) is 0 Å². The Labute approximate surface area is 132 Å². The van der Waals surface area contributed by atoms with Gasteiger partial charge in [-0.25, -0.2) is 0 Å². The lowest BCUT2D eigenvalue weighted by atomic mass is 10.2. The van der Waals surface area contributed by atoms with Gasteiger partial charge in [-0.3, -0.25) is 14.7 Å². The van der Waals surface area contributed by atoms with Crippen molar-refractivity contribution in [3.63, 3.8) is 0 Å². The second-order valence-electron chi connectivity index (χ2n) is 5.90. The lowest BCUT2D eigenvalue weighted by molar-refractivity contribution is 0.267. The minimum absolute atomic E-state index is 0.117. The van der Waals surface area contributed by atoms with E-state index in [0.717, 1.165) is 48.7 Å². The molecule has 122 valence electrons. The molecule has 0 atom stereocenters. The molecule has 0 saturated carbocycles. The molecule has 0 fully saturated rings. The second-order valence-corrected chi connectivity index (χ2v) is 5.90. The van der Waals surface area contributed by atoms with Crippen LogP contribution in [0.3, 0.4) is 0 Å². The molecule has 0 unspecified atom stereocenters. The van der Waals surface area contributed by atoms with E-state index in [9.17, 15) is 0 Å². The van der Waals surface area contributed by atoms with E-state index in [-0.39, 0.29) is 6.61 Å². The summed E-state index contributed by atoms with van der Waals surface area (Å²) in [5, 5.41) is 21.0. The number of H-pyrrole nitrogens is 1. The zero-order valence-corrected chi connectivity index (χ0v) is 14.1. The fraction of sp³-hybridized carbons (Fsp3) is 0.625. The van der Waals surface area contributed by atoms with Crippen LogP contribution in [0.25, 0.3) is 0 Å². The van der Waals surface area contributed by atoms with Gasteiger partial charge in [0.05, 0.1) is 24.5 Å². The summed E-state index contributed by atoms with van der Waals surface area (Å²) >= 11 is 0. The van der Waals surface area contributed by atoms with E-state index in [1.807, 2.05) is 11.6 Å². The predicted molar refractivity (Wildman–Crippen MR) is 86.5 cm³/mol. The third-order valence-electron chi connectivity index (χ3n) is 3.90. The van der Waals surface area contributed by atoms with Gasteiger partial charge in [-0.2, -0.15) is 10.2 Å². The maximum Gasteiger partial charge on any atom is 0.0644 e. The summed E-state index contributed by atoms with van der Waals surface area (Å²) < 4.78 is 1.88. The molecule has 0 bridgehead atoms. The first-order valence-corrected chi connectivity index (χ1v) is 7.90. The van der Waals surface area contributed by atoms with Crippen LogP contribution in [0.15, 0.2) is 6.07 Å². The maximum atomic E-state index is 9.08. The van der Waals surface area contributed by atoms with Crippen molar-refractivity contribution in [2.24, 2.45) is 0 Å². The highest BCUT2D eigenvalue weighted by molar-refractivity contribution is 5.24. The molecular weight excluding hydrogens is 278 g/mol. The molecule has 0 aliphatic rings. The van der Waals surface area contributed by atoms with Crippen molar-refractivity contribution >= 4 is 0 Å². The maximum absolute atomic E-state index is 9.08. The van der Waals surface area contributed by atoms with Crippen molar-refractivity contribution in [2.45, 2.75) is 53.2 Å². The highest BCUT2D eigenvalue weighted by Crippen LogP contribution is 2.16. The Balaban J connectivity index is 2.00. The Morgan fingerprint density at radius 3 is 2.77 bits per heavy atom. The Bertz CT molecular complexity index is 602. The standard InChI is InChI=1S/C16H27N5O/c1-5-6-14-9-15(18-17-14)10-20(4)11-16-12(2)19-21(7-8-22)13(16)3/h9,22H,5-8,10-11H2,1-4H3,(H,17,18). The minimum Gasteiger partial charge on any atom is -0.394 e. The number of aliphatic hydroxyl groups is 1. The van der Waals surface area contributed by atoms with E-state index < -0.39 is 0 Å². The fourth-order valence-electron chi connectivity index (χ4n) is 2.77. The van der Waals surface area contributed by atoms with Crippen LogP contribution in [-0.2, 0) is 26.1 Å². The average molecular weight is 305 g/mol. The van der Waals surface area contributed by atoms with Crippen molar-refractivity contribution < 1.29 is 5.11 Å². The Kier molecular flexibility index (Phi) is 5.74. The van der Waals surface area contributed by atoms with E-state index in [0.29, 0.717) is 6.54 Å². The zero-order valence-electron chi connectivity index (χ0n) is 14.1. The van der Waals surface area contributed by atoms with E-state index in [1.165, 1.54) is 5.56 Å². The lowest BCUT2D eigenvalue weighted by Crippen LogP contribution is -2.18. The molecule has 0 amide bonds. The molecule has 0 aliphatic heterocycles. The number of hydrogen-bond donors (Lipinski definition) is 2.